The van der Waals surface area contributed by atoms with Gasteiger partial charge in [-0.3, -0.25) is 4.79 Å². The van der Waals surface area contributed by atoms with E-state index < -0.39 is 27.9 Å². The molecular weight excluding hydrogens is 404 g/mol. The van der Waals surface area contributed by atoms with Gasteiger partial charge in [-0.25, -0.2) is 13.2 Å². The molecule has 1 atom stereocenters. The molecule has 2 aromatic rings. The molecule has 2 rings (SSSR count). The Hall–Kier alpha value is -2.87. The number of nitrogens with one attached hydrogen (secondary N) is 2. The van der Waals surface area contributed by atoms with E-state index in [0.717, 1.165) is 28.5 Å². The average Bonchev–Trinajstić information content (AvgIpc) is 2.68. The van der Waals surface area contributed by atoms with Crippen LogP contribution in [0.3, 0.4) is 0 Å². The molecule has 0 fully saturated rings. The van der Waals surface area contributed by atoms with Crippen molar-refractivity contribution in [3.05, 3.63) is 70.8 Å². The number of carbonyl (C=O) groups is 2. The maximum Gasteiger partial charge on any atom is 0.408 e. The normalized spacial score (nSPS) is 12.1. The Labute approximate surface area is 177 Å². The third kappa shape index (κ3) is 8.24. The van der Waals surface area contributed by atoms with Crippen LogP contribution in [-0.4, -0.2) is 38.5 Å². The number of benzene rings is 2. The number of sulfone groups is 1. The number of alkyl carbamates (subject to hydrolysis) is 1. The molecule has 0 saturated heterocycles. The first kappa shape index (κ1) is 23.4. The van der Waals surface area contributed by atoms with Gasteiger partial charge >= 0.3 is 6.09 Å². The van der Waals surface area contributed by atoms with Crippen LogP contribution in [-0.2, 0) is 32.5 Å². The third-order valence-electron chi connectivity index (χ3n) is 4.55. The Morgan fingerprint density at radius 1 is 1.07 bits per heavy atom. The fourth-order valence-corrected chi connectivity index (χ4v) is 3.52. The SMILES string of the molecule is Cc1ccc(CNC(=O)C(CCS(C)(=O)=O)NC(=O)OCc2ccccc2)c(C)c1. The monoisotopic (exact) mass is 432 g/mol. The third-order valence-corrected chi connectivity index (χ3v) is 5.53. The minimum Gasteiger partial charge on any atom is -0.445 e. The number of hydrogen-bond donors (Lipinski definition) is 2. The van der Waals surface area contributed by atoms with Crippen molar-refractivity contribution in [2.75, 3.05) is 12.0 Å². The fourth-order valence-electron chi connectivity index (χ4n) is 2.86. The van der Waals surface area contributed by atoms with Gasteiger partial charge in [-0.15, -0.1) is 0 Å². The summed E-state index contributed by atoms with van der Waals surface area (Å²) < 4.78 is 28.2. The number of carbonyl (C=O) groups excluding carboxylic acids is 2. The largest absolute Gasteiger partial charge is 0.445 e. The van der Waals surface area contributed by atoms with Gasteiger partial charge in [0.15, 0.2) is 0 Å². The van der Waals surface area contributed by atoms with Crippen molar-refractivity contribution in [3.8, 4) is 0 Å². The summed E-state index contributed by atoms with van der Waals surface area (Å²) in [6.07, 6.45) is 0.266. The maximum absolute atomic E-state index is 12.6. The average molecular weight is 433 g/mol. The summed E-state index contributed by atoms with van der Waals surface area (Å²) in [5.41, 5.74) is 3.91. The van der Waals surface area contributed by atoms with Crippen LogP contribution in [0, 0.1) is 13.8 Å². The molecule has 0 saturated carbocycles. The second-order valence-corrected chi connectivity index (χ2v) is 9.58. The molecule has 8 heteroatoms. The highest BCUT2D eigenvalue weighted by molar-refractivity contribution is 7.90. The van der Waals surface area contributed by atoms with Crippen LogP contribution in [0.2, 0.25) is 0 Å². The zero-order chi connectivity index (χ0) is 22.1. The molecule has 162 valence electrons. The first-order valence-electron chi connectivity index (χ1n) is 9.63. The number of amides is 2. The van der Waals surface area contributed by atoms with Crippen LogP contribution in [0.4, 0.5) is 4.79 Å². The molecule has 30 heavy (non-hydrogen) atoms. The lowest BCUT2D eigenvalue weighted by Gasteiger charge is -2.18. The van der Waals surface area contributed by atoms with Crippen molar-refractivity contribution >= 4 is 21.8 Å². The molecular formula is C22H28N2O5S. The van der Waals surface area contributed by atoms with Crippen molar-refractivity contribution in [1.82, 2.24) is 10.6 Å². The van der Waals surface area contributed by atoms with Gasteiger partial charge in [0, 0.05) is 12.8 Å². The van der Waals surface area contributed by atoms with Crippen LogP contribution in [0.5, 0.6) is 0 Å². The summed E-state index contributed by atoms with van der Waals surface area (Å²) in [5.74, 6) is -0.691. The van der Waals surface area contributed by atoms with Gasteiger partial charge in [0.2, 0.25) is 5.91 Å². The lowest BCUT2D eigenvalue weighted by Crippen LogP contribution is -2.47. The van der Waals surface area contributed by atoms with E-state index in [4.69, 9.17) is 4.74 Å². The van der Waals surface area contributed by atoms with E-state index in [1.165, 1.54) is 0 Å². The lowest BCUT2D eigenvalue weighted by molar-refractivity contribution is -0.123. The summed E-state index contributed by atoms with van der Waals surface area (Å²) in [4.78, 5) is 24.8. The second kappa shape index (κ2) is 10.8. The molecule has 0 aliphatic heterocycles. The molecule has 0 aromatic heterocycles. The predicted octanol–water partition coefficient (Wildman–Crippen LogP) is 2.65. The van der Waals surface area contributed by atoms with E-state index in [2.05, 4.69) is 10.6 Å². The number of rotatable bonds is 9. The van der Waals surface area contributed by atoms with E-state index in [-0.39, 0.29) is 25.3 Å². The highest BCUT2D eigenvalue weighted by atomic mass is 32.2. The Morgan fingerprint density at radius 3 is 2.40 bits per heavy atom. The maximum atomic E-state index is 12.6. The standard InChI is InChI=1S/C22H28N2O5S/c1-16-9-10-19(17(2)13-16)14-23-21(25)20(11-12-30(3,27)28)24-22(26)29-15-18-7-5-4-6-8-18/h4-10,13,20H,11-12,14-15H2,1-3H3,(H,23,25)(H,24,26). The number of aryl methyl sites for hydroxylation is 2. The minimum absolute atomic E-state index is 0.0437. The minimum atomic E-state index is -3.29. The smallest absolute Gasteiger partial charge is 0.408 e. The van der Waals surface area contributed by atoms with E-state index in [0.29, 0.717) is 0 Å². The first-order valence-corrected chi connectivity index (χ1v) is 11.7. The Kier molecular flexibility index (Phi) is 8.41. The molecule has 0 bridgehead atoms. The van der Waals surface area contributed by atoms with Gasteiger partial charge in [0.25, 0.3) is 0 Å². The lowest BCUT2D eigenvalue weighted by atomic mass is 10.1. The summed E-state index contributed by atoms with van der Waals surface area (Å²) in [7, 11) is -3.29. The van der Waals surface area contributed by atoms with Gasteiger partial charge in [-0.05, 0) is 37.0 Å². The summed E-state index contributed by atoms with van der Waals surface area (Å²) in [5, 5.41) is 5.25. The van der Waals surface area contributed by atoms with E-state index in [1.54, 1.807) is 0 Å². The number of hydrogen-bond acceptors (Lipinski definition) is 5. The molecule has 2 aromatic carbocycles. The van der Waals surface area contributed by atoms with Crippen LogP contribution < -0.4 is 10.6 Å². The Balaban J connectivity index is 1.97. The topological polar surface area (TPSA) is 102 Å². The van der Waals surface area contributed by atoms with Gasteiger partial charge in [-0.1, -0.05) is 54.1 Å². The summed E-state index contributed by atoms with van der Waals surface area (Å²) >= 11 is 0. The molecule has 7 nitrogen and oxygen atoms in total. The van der Waals surface area contributed by atoms with Crippen LogP contribution in [0.15, 0.2) is 48.5 Å². The van der Waals surface area contributed by atoms with Gasteiger partial charge in [0.1, 0.15) is 22.5 Å². The molecule has 0 aliphatic rings. The quantitative estimate of drug-likeness (QED) is 0.634. The first-order chi connectivity index (χ1) is 14.1. The molecule has 0 heterocycles. The van der Waals surface area contributed by atoms with Crippen molar-refractivity contribution in [2.45, 2.75) is 39.5 Å². The molecule has 2 N–H and O–H groups in total. The fraction of sp³-hybridized carbons (Fsp3) is 0.364. The molecule has 2 amide bonds. The Bertz CT molecular complexity index is 974. The highest BCUT2D eigenvalue weighted by Gasteiger charge is 2.23. The van der Waals surface area contributed by atoms with E-state index >= 15 is 0 Å². The zero-order valence-corrected chi connectivity index (χ0v) is 18.3. The predicted molar refractivity (Wildman–Crippen MR) is 116 cm³/mol. The van der Waals surface area contributed by atoms with Crippen LogP contribution in [0.25, 0.3) is 0 Å². The Morgan fingerprint density at radius 2 is 1.77 bits per heavy atom. The number of ether oxygens (including phenoxy) is 1. The highest BCUT2D eigenvalue weighted by Crippen LogP contribution is 2.10. The van der Waals surface area contributed by atoms with Crippen molar-refractivity contribution in [2.24, 2.45) is 0 Å². The van der Waals surface area contributed by atoms with Gasteiger partial charge in [0.05, 0.1) is 5.75 Å². The second-order valence-electron chi connectivity index (χ2n) is 7.32. The zero-order valence-electron chi connectivity index (χ0n) is 17.5. The molecule has 0 radical (unpaired) electrons. The van der Waals surface area contributed by atoms with Crippen molar-refractivity contribution < 1.29 is 22.7 Å². The van der Waals surface area contributed by atoms with Crippen LogP contribution >= 0.6 is 0 Å². The molecule has 0 spiro atoms. The molecule has 1 unspecified atom stereocenters. The van der Waals surface area contributed by atoms with E-state index in [9.17, 15) is 18.0 Å². The summed E-state index contributed by atoms with van der Waals surface area (Å²) in [6, 6.07) is 14.0. The summed E-state index contributed by atoms with van der Waals surface area (Å²) in [6.45, 7) is 4.27. The van der Waals surface area contributed by atoms with Gasteiger partial charge in [-0.2, -0.15) is 0 Å². The van der Waals surface area contributed by atoms with E-state index in [1.807, 2.05) is 62.4 Å². The van der Waals surface area contributed by atoms with Crippen molar-refractivity contribution in [3.63, 3.8) is 0 Å². The van der Waals surface area contributed by atoms with Crippen LogP contribution in [0.1, 0.15) is 28.7 Å². The van der Waals surface area contributed by atoms with Crippen molar-refractivity contribution in [1.29, 1.82) is 0 Å². The molecule has 0 aliphatic carbocycles. The van der Waals surface area contributed by atoms with Gasteiger partial charge < -0.3 is 15.4 Å².